The van der Waals surface area contributed by atoms with Gasteiger partial charge in [-0.1, -0.05) is 6.07 Å². The van der Waals surface area contributed by atoms with E-state index in [1.807, 2.05) is 0 Å². The molecule has 106 valence electrons. The van der Waals surface area contributed by atoms with Crippen molar-refractivity contribution in [1.82, 2.24) is 9.80 Å². The minimum absolute atomic E-state index is 0.196. The molecular weight excluding hydrogens is 241 g/mol. The molecule has 1 aliphatic rings. The zero-order chi connectivity index (χ0) is 14.0. The first-order chi connectivity index (χ1) is 8.88. The van der Waals surface area contributed by atoms with Gasteiger partial charge in [0.05, 0.1) is 0 Å². The highest BCUT2D eigenvalue weighted by Gasteiger charge is 2.26. The summed E-state index contributed by atoms with van der Waals surface area (Å²) in [5.74, 6) is -0.196. The maximum atomic E-state index is 13.8. The van der Waals surface area contributed by atoms with Gasteiger partial charge in [-0.2, -0.15) is 0 Å². The fourth-order valence-electron chi connectivity index (χ4n) is 2.54. The molecule has 1 saturated heterocycles. The highest BCUT2D eigenvalue weighted by atomic mass is 19.1. The standard InChI is InChI=1S/C15H24FN3/c1-15(2,3)19-9-7-18(8-10-19)11-12-13(16)5-4-6-14(12)17/h4-6H,7-11,17H2,1-3H3. The third kappa shape index (κ3) is 3.45. The zero-order valence-corrected chi connectivity index (χ0v) is 12.1. The van der Waals surface area contributed by atoms with Crippen molar-refractivity contribution in [3.05, 3.63) is 29.6 Å². The van der Waals surface area contributed by atoms with E-state index in [2.05, 4.69) is 30.6 Å². The van der Waals surface area contributed by atoms with Gasteiger partial charge < -0.3 is 5.73 Å². The smallest absolute Gasteiger partial charge is 0.129 e. The van der Waals surface area contributed by atoms with E-state index in [0.717, 1.165) is 26.2 Å². The van der Waals surface area contributed by atoms with Gasteiger partial charge in [-0.15, -0.1) is 0 Å². The number of nitrogens with zero attached hydrogens (tertiary/aromatic N) is 2. The summed E-state index contributed by atoms with van der Waals surface area (Å²) in [5.41, 5.74) is 7.25. The molecular formula is C15H24FN3. The molecule has 0 aromatic heterocycles. The quantitative estimate of drug-likeness (QED) is 0.833. The Balaban J connectivity index is 1.96. The maximum absolute atomic E-state index is 13.8. The third-order valence-corrected chi connectivity index (χ3v) is 3.86. The summed E-state index contributed by atoms with van der Waals surface area (Å²) in [6.07, 6.45) is 0. The summed E-state index contributed by atoms with van der Waals surface area (Å²) in [6, 6.07) is 4.91. The SMILES string of the molecule is CC(C)(C)N1CCN(Cc2c(N)cccc2F)CC1. The van der Waals surface area contributed by atoms with Crippen molar-refractivity contribution in [3.8, 4) is 0 Å². The van der Waals surface area contributed by atoms with E-state index in [4.69, 9.17) is 5.73 Å². The van der Waals surface area contributed by atoms with E-state index in [1.165, 1.54) is 6.07 Å². The van der Waals surface area contributed by atoms with Crippen molar-refractivity contribution < 1.29 is 4.39 Å². The Kier molecular flexibility index (Phi) is 4.11. The van der Waals surface area contributed by atoms with Gasteiger partial charge in [0.2, 0.25) is 0 Å². The fourth-order valence-corrected chi connectivity index (χ4v) is 2.54. The van der Waals surface area contributed by atoms with Gasteiger partial charge in [-0.05, 0) is 32.9 Å². The molecule has 2 rings (SSSR count). The molecule has 1 heterocycles. The topological polar surface area (TPSA) is 32.5 Å². The third-order valence-electron chi connectivity index (χ3n) is 3.86. The van der Waals surface area contributed by atoms with Crippen LogP contribution in [-0.2, 0) is 6.54 Å². The van der Waals surface area contributed by atoms with E-state index in [9.17, 15) is 4.39 Å². The largest absolute Gasteiger partial charge is 0.398 e. The van der Waals surface area contributed by atoms with Gasteiger partial charge in [-0.3, -0.25) is 9.80 Å². The summed E-state index contributed by atoms with van der Waals surface area (Å²) in [4.78, 5) is 4.74. The van der Waals surface area contributed by atoms with E-state index in [1.54, 1.807) is 12.1 Å². The van der Waals surface area contributed by atoms with Crippen LogP contribution in [0.1, 0.15) is 26.3 Å². The van der Waals surface area contributed by atoms with Crippen LogP contribution >= 0.6 is 0 Å². The van der Waals surface area contributed by atoms with Crippen LogP contribution in [-0.4, -0.2) is 41.5 Å². The Labute approximate surface area is 115 Å². The second-order valence-corrected chi connectivity index (χ2v) is 6.24. The molecule has 0 radical (unpaired) electrons. The lowest BCUT2D eigenvalue weighted by Crippen LogP contribution is -2.53. The van der Waals surface area contributed by atoms with Crippen molar-refractivity contribution in [3.63, 3.8) is 0 Å². The molecule has 0 bridgehead atoms. The van der Waals surface area contributed by atoms with Gasteiger partial charge in [0, 0.05) is 49.5 Å². The number of nitrogen functional groups attached to an aromatic ring is 1. The zero-order valence-electron chi connectivity index (χ0n) is 12.1. The molecule has 1 fully saturated rings. The molecule has 19 heavy (non-hydrogen) atoms. The van der Waals surface area contributed by atoms with Crippen LogP contribution in [0.25, 0.3) is 0 Å². The van der Waals surface area contributed by atoms with Crippen molar-refractivity contribution in [2.75, 3.05) is 31.9 Å². The minimum atomic E-state index is -0.196. The monoisotopic (exact) mass is 265 g/mol. The van der Waals surface area contributed by atoms with Gasteiger partial charge in [0.15, 0.2) is 0 Å². The number of benzene rings is 1. The summed E-state index contributed by atoms with van der Waals surface area (Å²) in [5, 5.41) is 0. The number of rotatable bonds is 2. The van der Waals surface area contributed by atoms with Crippen LogP contribution in [0.4, 0.5) is 10.1 Å². The molecule has 4 heteroatoms. The average molecular weight is 265 g/mol. The van der Waals surface area contributed by atoms with Crippen LogP contribution in [0.3, 0.4) is 0 Å². The van der Waals surface area contributed by atoms with E-state index < -0.39 is 0 Å². The molecule has 1 aliphatic heterocycles. The van der Waals surface area contributed by atoms with Crippen LogP contribution < -0.4 is 5.73 Å². The van der Waals surface area contributed by atoms with E-state index >= 15 is 0 Å². The molecule has 0 amide bonds. The second kappa shape index (κ2) is 5.47. The predicted molar refractivity (Wildman–Crippen MR) is 77.4 cm³/mol. The van der Waals surface area contributed by atoms with Crippen molar-refractivity contribution in [2.45, 2.75) is 32.9 Å². The number of hydrogen-bond donors (Lipinski definition) is 1. The highest BCUT2D eigenvalue weighted by Crippen LogP contribution is 2.20. The Morgan fingerprint density at radius 1 is 1.16 bits per heavy atom. The summed E-state index contributed by atoms with van der Waals surface area (Å²) >= 11 is 0. The lowest BCUT2D eigenvalue weighted by atomic mass is 10.0. The Morgan fingerprint density at radius 2 is 1.79 bits per heavy atom. The highest BCUT2D eigenvalue weighted by molar-refractivity contribution is 5.47. The Hall–Kier alpha value is -1.13. The van der Waals surface area contributed by atoms with Gasteiger partial charge in [0.1, 0.15) is 5.82 Å². The number of nitrogens with two attached hydrogens (primary N) is 1. The van der Waals surface area contributed by atoms with Crippen LogP contribution in [0.15, 0.2) is 18.2 Å². The molecule has 2 N–H and O–H groups in total. The van der Waals surface area contributed by atoms with Gasteiger partial charge in [0.25, 0.3) is 0 Å². The Bertz CT molecular complexity index is 411. The first-order valence-electron chi connectivity index (χ1n) is 6.88. The molecule has 0 spiro atoms. The van der Waals surface area contributed by atoms with Crippen molar-refractivity contribution in [1.29, 1.82) is 0 Å². The fraction of sp³-hybridized carbons (Fsp3) is 0.600. The summed E-state index contributed by atoms with van der Waals surface area (Å²) in [6.45, 7) is 11.3. The number of piperazine rings is 1. The first kappa shape index (κ1) is 14.3. The first-order valence-corrected chi connectivity index (χ1v) is 6.88. The second-order valence-electron chi connectivity index (χ2n) is 6.24. The summed E-state index contributed by atoms with van der Waals surface area (Å²) < 4.78 is 13.8. The van der Waals surface area contributed by atoms with E-state index in [-0.39, 0.29) is 11.4 Å². The van der Waals surface area contributed by atoms with E-state index in [0.29, 0.717) is 17.8 Å². The maximum Gasteiger partial charge on any atom is 0.129 e. The number of hydrogen-bond acceptors (Lipinski definition) is 3. The average Bonchev–Trinajstić information content (AvgIpc) is 2.33. The van der Waals surface area contributed by atoms with Gasteiger partial charge in [-0.25, -0.2) is 4.39 Å². The molecule has 0 aliphatic carbocycles. The molecule has 1 aromatic carbocycles. The van der Waals surface area contributed by atoms with Crippen molar-refractivity contribution >= 4 is 5.69 Å². The number of anilines is 1. The molecule has 0 unspecified atom stereocenters. The Morgan fingerprint density at radius 3 is 2.32 bits per heavy atom. The molecule has 0 atom stereocenters. The van der Waals surface area contributed by atoms with Gasteiger partial charge >= 0.3 is 0 Å². The number of halogens is 1. The molecule has 3 nitrogen and oxygen atoms in total. The lowest BCUT2D eigenvalue weighted by Gasteiger charge is -2.42. The van der Waals surface area contributed by atoms with Crippen LogP contribution in [0.2, 0.25) is 0 Å². The summed E-state index contributed by atoms with van der Waals surface area (Å²) in [7, 11) is 0. The predicted octanol–water partition coefficient (Wildman–Crippen LogP) is 2.32. The normalized spacial score (nSPS) is 18.7. The van der Waals surface area contributed by atoms with Crippen molar-refractivity contribution in [2.24, 2.45) is 0 Å². The molecule has 1 aromatic rings. The van der Waals surface area contributed by atoms with Crippen LogP contribution in [0, 0.1) is 5.82 Å². The minimum Gasteiger partial charge on any atom is -0.398 e. The van der Waals surface area contributed by atoms with Crippen LogP contribution in [0.5, 0.6) is 0 Å². The molecule has 0 saturated carbocycles. The lowest BCUT2D eigenvalue weighted by molar-refractivity contribution is 0.0587.